The van der Waals surface area contributed by atoms with Crippen LogP contribution in [0, 0.1) is 0 Å². The molecule has 104 valence electrons. The molecule has 2 rings (SSSR count). The maximum absolute atomic E-state index is 11.6. The van der Waals surface area contributed by atoms with Crippen molar-refractivity contribution in [3.05, 3.63) is 17.8 Å². The number of anilines is 1. The average Bonchev–Trinajstić information content (AvgIpc) is 2.37. The number of aromatic nitrogens is 2. The van der Waals surface area contributed by atoms with Gasteiger partial charge >= 0.3 is 0 Å². The van der Waals surface area contributed by atoms with E-state index >= 15 is 0 Å². The summed E-state index contributed by atoms with van der Waals surface area (Å²) in [6, 6.07) is 1.34. The van der Waals surface area contributed by atoms with Gasteiger partial charge in [0.2, 0.25) is 0 Å². The Labute approximate surface area is 110 Å². The van der Waals surface area contributed by atoms with E-state index in [2.05, 4.69) is 15.4 Å². The van der Waals surface area contributed by atoms with Gasteiger partial charge in [-0.25, -0.2) is 8.42 Å². The number of nitrogens with two attached hydrogens (primary N) is 1. The molecular formula is C10H15N5O3S. The van der Waals surface area contributed by atoms with Gasteiger partial charge in [-0.1, -0.05) is 5.16 Å². The Morgan fingerprint density at radius 1 is 1.63 bits per heavy atom. The summed E-state index contributed by atoms with van der Waals surface area (Å²) in [5.74, 6) is 0.466. The summed E-state index contributed by atoms with van der Waals surface area (Å²) in [4.78, 5) is 1.81. The molecule has 3 N–H and O–H groups in total. The predicted octanol–water partition coefficient (Wildman–Crippen LogP) is -0.806. The lowest BCUT2D eigenvalue weighted by atomic mass is 10.2. The molecule has 0 aromatic carbocycles. The highest BCUT2D eigenvalue weighted by Crippen LogP contribution is 2.22. The van der Waals surface area contributed by atoms with Crippen LogP contribution in [0.5, 0.6) is 0 Å². The van der Waals surface area contributed by atoms with E-state index in [1.807, 2.05) is 0 Å². The Balaban J connectivity index is 2.38. The molecule has 1 fully saturated rings. The molecule has 0 radical (unpaired) electrons. The summed E-state index contributed by atoms with van der Waals surface area (Å²) in [6.07, 6.45) is 1.43. The molecule has 1 aromatic heterocycles. The van der Waals surface area contributed by atoms with E-state index in [1.165, 1.54) is 6.20 Å². The third kappa shape index (κ3) is 2.75. The lowest BCUT2D eigenvalue weighted by Crippen LogP contribution is -2.48. The van der Waals surface area contributed by atoms with Gasteiger partial charge in [0.1, 0.15) is 0 Å². The molecule has 19 heavy (non-hydrogen) atoms. The van der Waals surface area contributed by atoms with Gasteiger partial charge in [0.15, 0.2) is 21.5 Å². The van der Waals surface area contributed by atoms with Crippen molar-refractivity contribution < 1.29 is 13.6 Å². The van der Waals surface area contributed by atoms with Gasteiger partial charge in [-0.3, -0.25) is 0 Å². The van der Waals surface area contributed by atoms with Crippen molar-refractivity contribution in [2.24, 2.45) is 10.9 Å². The minimum absolute atomic E-state index is 0.0547. The molecular weight excluding hydrogens is 270 g/mol. The predicted molar refractivity (Wildman–Crippen MR) is 70.0 cm³/mol. The highest BCUT2D eigenvalue weighted by atomic mass is 32.2. The van der Waals surface area contributed by atoms with Crippen molar-refractivity contribution in [3.8, 4) is 0 Å². The third-order valence-corrected chi connectivity index (χ3v) is 4.82. The summed E-state index contributed by atoms with van der Waals surface area (Å²) < 4.78 is 23.1. The van der Waals surface area contributed by atoms with Crippen LogP contribution in [0.4, 0.5) is 5.82 Å². The average molecular weight is 285 g/mol. The summed E-state index contributed by atoms with van der Waals surface area (Å²) in [5, 5.41) is 19.5. The number of hydrogen-bond acceptors (Lipinski definition) is 7. The second kappa shape index (κ2) is 5.00. The number of sulfone groups is 1. The van der Waals surface area contributed by atoms with Crippen LogP contribution in [0.3, 0.4) is 0 Å². The molecule has 0 saturated carbocycles. The Bertz CT molecular complexity index is 601. The number of oxime groups is 1. The van der Waals surface area contributed by atoms with Crippen molar-refractivity contribution in [1.82, 2.24) is 10.2 Å². The van der Waals surface area contributed by atoms with Crippen LogP contribution < -0.4 is 10.6 Å². The van der Waals surface area contributed by atoms with Crippen LogP contribution in [-0.2, 0) is 9.84 Å². The molecule has 0 spiro atoms. The fourth-order valence-electron chi connectivity index (χ4n) is 2.10. The van der Waals surface area contributed by atoms with Gasteiger partial charge in [0, 0.05) is 12.6 Å². The van der Waals surface area contributed by atoms with E-state index < -0.39 is 9.84 Å². The van der Waals surface area contributed by atoms with Gasteiger partial charge < -0.3 is 15.8 Å². The fourth-order valence-corrected chi connectivity index (χ4v) is 3.66. The van der Waals surface area contributed by atoms with Gasteiger partial charge in [-0.05, 0) is 13.0 Å². The van der Waals surface area contributed by atoms with E-state index in [0.717, 1.165) is 0 Å². The molecule has 1 aliphatic rings. The SMILES string of the molecule is CC1CS(=O)(=O)CCN1c1nnccc1/C(N)=N/O. The van der Waals surface area contributed by atoms with Crippen LogP contribution in [0.15, 0.2) is 17.4 Å². The molecule has 9 heteroatoms. The molecule has 1 atom stereocenters. The second-order valence-electron chi connectivity index (χ2n) is 4.41. The number of amidine groups is 1. The molecule has 0 amide bonds. The van der Waals surface area contributed by atoms with Crippen LogP contribution in [0.1, 0.15) is 12.5 Å². The molecule has 1 unspecified atom stereocenters. The van der Waals surface area contributed by atoms with Crippen LogP contribution in [0.2, 0.25) is 0 Å². The first-order chi connectivity index (χ1) is 8.94. The van der Waals surface area contributed by atoms with Gasteiger partial charge in [0.05, 0.1) is 23.3 Å². The smallest absolute Gasteiger partial charge is 0.173 e. The van der Waals surface area contributed by atoms with Gasteiger partial charge in [-0.2, -0.15) is 5.10 Å². The maximum Gasteiger partial charge on any atom is 0.173 e. The Morgan fingerprint density at radius 2 is 2.37 bits per heavy atom. The van der Waals surface area contributed by atoms with Crippen LogP contribution >= 0.6 is 0 Å². The number of hydrogen-bond donors (Lipinski definition) is 2. The van der Waals surface area contributed by atoms with E-state index in [1.54, 1.807) is 17.9 Å². The molecule has 1 aliphatic heterocycles. The molecule has 1 aromatic rings. The topological polar surface area (TPSA) is 122 Å². The number of nitrogens with zero attached hydrogens (tertiary/aromatic N) is 4. The Morgan fingerprint density at radius 3 is 3.00 bits per heavy atom. The summed E-state index contributed by atoms with van der Waals surface area (Å²) in [7, 11) is -3.01. The Hall–Kier alpha value is -1.90. The van der Waals surface area contributed by atoms with Crippen molar-refractivity contribution in [2.75, 3.05) is 23.0 Å². The zero-order valence-corrected chi connectivity index (χ0v) is 11.2. The monoisotopic (exact) mass is 285 g/mol. The lowest BCUT2D eigenvalue weighted by Gasteiger charge is -2.34. The lowest BCUT2D eigenvalue weighted by molar-refractivity contribution is 0.318. The highest BCUT2D eigenvalue weighted by Gasteiger charge is 2.30. The molecule has 1 saturated heterocycles. The van der Waals surface area contributed by atoms with Crippen LogP contribution in [-0.4, -0.2) is 53.8 Å². The quantitative estimate of drug-likeness (QED) is 0.315. The zero-order chi connectivity index (χ0) is 14.0. The first-order valence-corrected chi connectivity index (χ1v) is 7.53. The first-order valence-electron chi connectivity index (χ1n) is 5.71. The standard InChI is InChI=1S/C10H15N5O3S/c1-7-6-19(17,18)5-4-15(7)10-8(9(11)14-16)2-3-12-13-10/h2-3,7,16H,4-6H2,1H3,(H2,11,14). The van der Waals surface area contributed by atoms with E-state index in [4.69, 9.17) is 10.9 Å². The Kier molecular flexibility index (Phi) is 3.56. The third-order valence-electron chi connectivity index (χ3n) is 3.03. The maximum atomic E-state index is 11.6. The molecule has 0 aliphatic carbocycles. The minimum Gasteiger partial charge on any atom is -0.409 e. The second-order valence-corrected chi connectivity index (χ2v) is 6.64. The minimum atomic E-state index is -3.01. The van der Waals surface area contributed by atoms with E-state index in [0.29, 0.717) is 17.9 Å². The van der Waals surface area contributed by atoms with Crippen molar-refractivity contribution >= 4 is 21.5 Å². The largest absolute Gasteiger partial charge is 0.409 e. The zero-order valence-electron chi connectivity index (χ0n) is 10.4. The fraction of sp³-hybridized carbons (Fsp3) is 0.500. The first kappa shape index (κ1) is 13.5. The normalized spacial score (nSPS) is 23.3. The molecule has 8 nitrogen and oxygen atoms in total. The summed E-state index contributed by atoms with van der Waals surface area (Å²) in [6.45, 7) is 2.11. The van der Waals surface area contributed by atoms with Gasteiger partial charge in [0.25, 0.3) is 0 Å². The molecule has 0 bridgehead atoms. The van der Waals surface area contributed by atoms with E-state index in [-0.39, 0.29) is 23.4 Å². The van der Waals surface area contributed by atoms with Crippen molar-refractivity contribution in [2.45, 2.75) is 13.0 Å². The van der Waals surface area contributed by atoms with Crippen molar-refractivity contribution in [3.63, 3.8) is 0 Å². The van der Waals surface area contributed by atoms with Crippen LogP contribution in [0.25, 0.3) is 0 Å². The van der Waals surface area contributed by atoms with Gasteiger partial charge in [-0.15, -0.1) is 5.10 Å². The van der Waals surface area contributed by atoms with Crippen molar-refractivity contribution in [1.29, 1.82) is 0 Å². The summed E-state index contributed by atoms with van der Waals surface area (Å²) >= 11 is 0. The number of rotatable bonds is 2. The summed E-state index contributed by atoms with van der Waals surface area (Å²) in [5.41, 5.74) is 6.02. The highest BCUT2D eigenvalue weighted by molar-refractivity contribution is 7.91. The molecule has 2 heterocycles. The van der Waals surface area contributed by atoms with E-state index in [9.17, 15) is 8.42 Å².